The van der Waals surface area contributed by atoms with Crippen LogP contribution in [0.1, 0.15) is 97.3 Å². The van der Waals surface area contributed by atoms with Gasteiger partial charge in [0.15, 0.2) is 17.5 Å². The molecule has 0 spiro atoms. The van der Waals surface area contributed by atoms with Gasteiger partial charge in [-0.25, -0.2) is 19.2 Å². The molecular weight excluding hydrogens is 814 g/mol. The molecule has 12 atom stereocenters. The molecule has 0 radical (unpaired) electrons. The fourth-order valence-electron chi connectivity index (χ4n) is 9.72. The summed E-state index contributed by atoms with van der Waals surface area (Å²) in [5, 5.41) is 50.2. The normalized spacial score (nSPS) is 32.8. The Bertz CT molecular complexity index is 2110. The minimum absolute atomic E-state index is 0.0233. The number of fused-ring (bicyclic) bond motifs is 5. The summed E-state index contributed by atoms with van der Waals surface area (Å²) in [6.07, 6.45) is -12.7. The van der Waals surface area contributed by atoms with Gasteiger partial charge in [0.25, 0.3) is 0 Å². The number of alkyl carbamates (subject to hydrolysis) is 1. The van der Waals surface area contributed by atoms with E-state index in [4.69, 9.17) is 32.8 Å². The van der Waals surface area contributed by atoms with Gasteiger partial charge in [-0.1, -0.05) is 32.0 Å². The van der Waals surface area contributed by atoms with Gasteiger partial charge in [-0.3, -0.25) is 9.59 Å². The molecule has 1 aromatic heterocycles. The number of esters is 4. The molecule has 1 aliphatic heterocycles. The maximum Gasteiger partial charge on any atom is 0.408 e. The summed E-state index contributed by atoms with van der Waals surface area (Å²) in [5.74, 6) is -6.99. The van der Waals surface area contributed by atoms with Crippen LogP contribution in [-0.4, -0.2) is 122 Å². The third-order valence-corrected chi connectivity index (χ3v) is 12.8. The first-order chi connectivity index (χ1) is 28.8. The van der Waals surface area contributed by atoms with E-state index in [2.05, 4.69) is 5.32 Å². The molecule has 0 unspecified atom stereocenters. The first-order valence-corrected chi connectivity index (χ1v) is 20.3. The average molecular weight is 870 g/mol. The van der Waals surface area contributed by atoms with Crippen LogP contribution in [0.2, 0.25) is 0 Å². The number of ether oxygens (including phenoxy) is 6. The zero-order valence-corrected chi connectivity index (χ0v) is 36.0. The zero-order valence-electron chi connectivity index (χ0n) is 36.0. The Kier molecular flexibility index (Phi) is 12.4. The predicted octanol–water partition coefficient (Wildman–Crippen LogP) is 2.78. The van der Waals surface area contributed by atoms with Gasteiger partial charge in [-0.05, 0) is 77.0 Å². The largest absolute Gasteiger partial charge is 0.467 e. The number of ketones is 1. The molecule has 4 aliphatic rings. The third-order valence-electron chi connectivity index (χ3n) is 12.8. The van der Waals surface area contributed by atoms with Gasteiger partial charge >= 0.3 is 30.0 Å². The highest BCUT2D eigenvalue weighted by Crippen LogP contribution is 2.64. The van der Waals surface area contributed by atoms with Gasteiger partial charge in [0.05, 0.1) is 29.8 Å². The Labute approximate surface area is 357 Å². The van der Waals surface area contributed by atoms with Crippen LogP contribution in [0.25, 0.3) is 0 Å². The van der Waals surface area contributed by atoms with Crippen molar-refractivity contribution >= 4 is 35.8 Å². The minimum atomic E-state index is -2.46. The highest BCUT2D eigenvalue weighted by Gasteiger charge is 2.78. The van der Waals surface area contributed by atoms with Crippen LogP contribution in [0.15, 0.2) is 64.3 Å². The van der Waals surface area contributed by atoms with Crippen LogP contribution in [0.5, 0.6) is 0 Å². The van der Waals surface area contributed by atoms with E-state index in [1.54, 1.807) is 39.0 Å². The molecule has 1 amide bonds. The molecular formula is C44H55NO17. The molecule has 3 aliphatic carbocycles. The van der Waals surface area contributed by atoms with Crippen molar-refractivity contribution in [2.45, 2.75) is 141 Å². The number of benzene rings is 1. The lowest BCUT2D eigenvalue weighted by molar-refractivity contribution is -0.346. The van der Waals surface area contributed by atoms with E-state index in [0.29, 0.717) is 0 Å². The zero-order chi connectivity index (χ0) is 45.9. The van der Waals surface area contributed by atoms with Crippen LogP contribution in [0.3, 0.4) is 0 Å². The number of aliphatic hydroxyl groups excluding tert-OH is 3. The van der Waals surface area contributed by atoms with Gasteiger partial charge in [-0.2, -0.15) is 0 Å². The van der Waals surface area contributed by atoms with E-state index >= 15 is 4.79 Å². The molecule has 5 N–H and O–H groups in total. The summed E-state index contributed by atoms with van der Waals surface area (Å²) < 4.78 is 40.8. The van der Waals surface area contributed by atoms with E-state index in [1.165, 1.54) is 58.2 Å². The van der Waals surface area contributed by atoms with Crippen molar-refractivity contribution < 1.29 is 82.0 Å². The lowest BCUT2D eigenvalue weighted by Gasteiger charge is -2.67. The van der Waals surface area contributed by atoms with Gasteiger partial charge in [0, 0.05) is 25.2 Å². The lowest BCUT2D eigenvalue weighted by atomic mass is 9.44. The van der Waals surface area contributed by atoms with Gasteiger partial charge in [0.2, 0.25) is 0 Å². The summed E-state index contributed by atoms with van der Waals surface area (Å²) in [6, 6.07) is 8.99. The molecule has 1 aromatic carbocycles. The molecule has 2 heterocycles. The van der Waals surface area contributed by atoms with E-state index in [-0.39, 0.29) is 35.5 Å². The fourth-order valence-corrected chi connectivity index (χ4v) is 9.72. The molecule has 6 rings (SSSR count). The molecule has 18 nitrogen and oxygen atoms in total. The quantitative estimate of drug-likeness (QED) is 0.131. The second-order valence-corrected chi connectivity index (χ2v) is 18.3. The van der Waals surface area contributed by atoms with Crippen molar-refractivity contribution in [1.82, 2.24) is 5.32 Å². The first-order valence-electron chi connectivity index (χ1n) is 20.3. The van der Waals surface area contributed by atoms with E-state index in [1.807, 2.05) is 0 Å². The van der Waals surface area contributed by atoms with Crippen LogP contribution in [0.4, 0.5) is 4.79 Å². The van der Waals surface area contributed by atoms with Crippen LogP contribution < -0.4 is 5.32 Å². The minimum Gasteiger partial charge on any atom is -0.467 e. The summed E-state index contributed by atoms with van der Waals surface area (Å²) >= 11 is 0. The van der Waals surface area contributed by atoms with E-state index in [0.717, 1.165) is 13.8 Å². The molecule has 1 saturated heterocycles. The molecule has 2 aromatic rings. The van der Waals surface area contributed by atoms with Gasteiger partial charge < -0.3 is 58.6 Å². The number of hydrogen-bond donors (Lipinski definition) is 5. The number of amides is 1. The Balaban J connectivity index is 1.53. The van der Waals surface area contributed by atoms with Crippen LogP contribution >= 0.6 is 0 Å². The number of aliphatic hydroxyl groups is 4. The third kappa shape index (κ3) is 7.91. The van der Waals surface area contributed by atoms with Crippen LogP contribution in [0, 0.1) is 16.7 Å². The van der Waals surface area contributed by atoms with Crippen molar-refractivity contribution in [3.8, 4) is 0 Å². The summed E-state index contributed by atoms with van der Waals surface area (Å²) in [6.45, 7) is 12.5. The van der Waals surface area contributed by atoms with Crippen molar-refractivity contribution in [3.63, 3.8) is 0 Å². The van der Waals surface area contributed by atoms with Crippen LogP contribution in [-0.2, 0) is 47.6 Å². The molecule has 338 valence electrons. The Morgan fingerprint density at radius 3 is 2.16 bits per heavy atom. The second kappa shape index (κ2) is 16.5. The lowest BCUT2D eigenvalue weighted by Crippen LogP contribution is -2.82. The number of nitrogens with one attached hydrogen (secondary N) is 1. The highest BCUT2D eigenvalue weighted by molar-refractivity contribution is 5.94. The fraction of sp³-hybridized carbons (Fsp3) is 0.591. The Morgan fingerprint density at radius 2 is 1.61 bits per heavy atom. The van der Waals surface area contributed by atoms with Gasteiger partial charge in [0.1, 0.15) is 59.6 Å². The number of furan rings is 1. The average Bonchev–Trinajstić information content (AvgIpc) is 3.72. The molecule has 18 heteroatoms. The van der Waals surface area contributed by atoms with Crippen molar-refractivity contribution in [1.29, 1.82) is 0 Å². The summed E-state index contributed by atoms with van der Waals surface area (Å²) in [5.41, 5.74) is -9.20. The predicted molar refractivity (Wildman–Crippen MR) is 211 cm³/mol. The number of hydrogen-bond acceptors (Lipinski definition) is 17. The summed E-state index contributed by atoms with van der Waals surface area (Å²) in [7, 11) is 0. The standard InChI is InChI=1S/C44H55NO17/c1-21-26(58-38(53)32(49)30(25-16-13-17-56-25)45-39(54)62-40(4,5)6)19-44(55)35(60-37(52)24-14-11-10-12-15-24)33-42(9,34(50)31(48)29(21)41(44,7)8)27(59-36(51)22(2)46)18-28-43(33,20-57-28)61-23(3)47/h10-17,22,26-28,30-33,35,46,48-49,55H,18-20H2,1-9H3,(H,45,54)/t22-,26-,27-,28+,30-,31+,32+,33-,35-,42+,43-,44+/m0/s1. The molecule has 2 bridgehead atoms. The number of Topliss-reactive ketones (excluding diaryl/α,β-unsaturated/α-hetero) is 1. The highest BCUT2D eigenvalue weighted by atomic mass is 16.6. The van der Waals surface area contributed by atoms with Crippen molar-refractivity contribution in [2.24, 2.45) is 16.7 Å². The summed E-state index contributed by atoms with van der Waals surface area (Å²) in [4.78, 5) is 82.8. The van der Waals surface area contributed by atoms with Crippen molar-refractivity contribution in [2.75, 3.05) is 6.61 Å². The Morgan fingerprint density at radius 1 is 0.952 bits per heavy atom. The smallest absolute Gasteiger partial charge is 0.408 e. The second-order valence-electron chi connectivity index (χ2n) is 18.3. The maximum absolute atomic E-state index is 15.4. The van der Waals surface area contributed by atoms with Gasteiger partial charge in [-0.15, -0.1) is 0 Å². The first kappa shape index (κ1) is 46.4. The number of carbonyl (C=O) groups is 6. The van der Waals surface area contributed by atoms with Crippen molar-refractivity contribution in [3.05, 3.63) is 71.2 Å². The topological polar surface area (TPSA) is 264 Å². The number of carbonyl (C=O) groups excluding carboxylic acids is 6. The molecule has 2 saturated carbocycles. The SMILES string of the molecule is CC(=O)O[C@@]12CO[C@@H]1C[C@H](OC(=O)[C@H](C)O)[C@@]1(C)C(=O)[C@H](O)C3=C(C)[C@@H](OC(=O)[C@H](O)[C@@H](NC(=O)OC(C)(C)C)c4ccco4)C[C@@](O)([C@@H](OC(=O)c4ccccc4)[C@H]21)C3(C)C. The molecule has 3 fully saturated rings. The van der Waals surface area contributed by atoms with E-state index in [9.17, 15) is 44.4 Å². The monoisotopic (exact) mass is 869 g/mol. The Hall–Kier alpha value is -5.14. The number of rotatable bonds is 10. The maximum atomic E-state index is 15.4. The van der Waals surface area contributed by atoms with E-state index < -0.39 is 124 Å². The molecule has 62 heavy (non-hydrogen) atoms.